The Morgan fingerprint density at radius 2 is 1.82 bits per heavy atom. The quantitative estimate of drug-likeness (QED) is 0.779. The number of ether oxygens (including phenoxy) is 1. The SMILES string of the molecule is CC1(NCC(O)COC(C)(C)C)CCCCC1. The first-order valence-electron chi connectivity index (χ1n) is 6.88. The molecule has 1 rings (SSSR count). The number of aliphatic hydroxyl groups is 1. The molecule has 0 heterocycles. The Morgan fingerprint density at radius 3 is 2.35 bits per heavy atom. The summed E-state index contributed by atoms with van der Waals surface area (Å²) in [5.41, 5.74) is 0.0523. The molecule has 1 saturated carbocycles. The molecule has 102 valence electrons. The van der Waals surface area contributed by atoms with Crippen molar-refractivity contribution < 1.29 is 9.84 Å². The minimum atomic E-state index is -0.409. The Bertz CT molecular complexity index is 217. The zero-order valence-electron chi connectivity index (χ0n) is 11.9. The van der Waals surface area contributed by atoms with E-state index in [4.69, 9.17) is 4.74 Å². The molecule has 17 heavy (non-hydrogen) atoms. The van der Waals surface area contributed by atoms with Crippen LogP contribution in [0.3, 0.4) is 0 Å². The third-order valence-corrected chi connectivity index (χ3v) is 3.43. The van der Waals surface area contributed by atoms with Crippen molar-refractivity contribution in [3.63, 3.8) is 0 Å². The van der Waals surface area contributed by atoms with Crippen LogP contribution in [0.4, 0.5) is 0 Å². The maximum absolute atomic E-state index is 9.87. The number of aliphatic hydroxyl groups excluding tert-OH is 1. The molecule has 0 bridgehead atoms. The highest BCUT2D eigenvalue weighted by Gasteiger charge is 2.26. The summed E-state index contributed by atoms with van der Waals surface area (Å²) >= 11 is 0. The van der Waals surface area contributed by atoms with Gasteiger partial charge in [-0.2, -0.15) is 0 Å². The second-order valence-corrected chi connectivity index (χ2v) is 6.58. The summed E-state index contributed by atoms with van der Waals surface area (Å²) < 4.78 is 5.57. The lowest BCUT2D eigenvalue weighted by Gasteiger charge is -2.35. The topological polar surface area (TPSA) is 41.5 Å². The van der Waals surface area contributed by atoms with Gasteiger partial charge in [0.2, 0.25) is 0 Å². The van der Waals surface area contributed by atoms with Crippen molar-refractivity contribution >= 4 is 0 Å². The van der Waals surface area contributed by atoms with Gasteiger partial charge < -0.3 is 15.2 Å². The number of hydrogen-bond acceptors (Lipinski definition) is 3. The van der Waals surface area contributed by atoms with Gasteiger partial charge in [0.05, 0.1) is 18.3 Å². The van der Waals surface area contributed by atoms with Gasteiger partial charge in [-0.15, -0.1) is 0 Å². The first-order chi connectivity index (χ1) is 7.81. The highest BCUT2D eigenvalue weighted by Crippen LogP contribution is 2.27. The van der Waals surface area contributed by atoms with Gasteiger partial charge in [-0.25, -0.2) is 0 Å². The summed E-state index contributed by atoms with van der Waals surface area (Å²) in [6.45, 7) is 9.34. The summed E-state index contributed by atoms with van der Waals surface area (Å²) in [6, 6.07) is 0. The Kier molecular flexibility index (Phi) is 5.42. The van der Waals surface area contributed by atoms with Crippen LogP contribution in [-0.2, 0) is 4.74 Å². The molecule has 0 aliphatic heterocycles. The largest absolute Gasteiger partial charge is 0.389 e. The van der Waals surface area contributed by atoms with Gasteiger partial charge in [0.15, 0.2) is 0 Å². The van der Waals surface area contributed by atoms with Gasteiger partial charge in [-0.3, -0.25) is 0 Å². The van der Waals surface area contributed by atoms with E-state index in [-0.39, 0.29) is 11.1 Å². The fourth-order valence-corrected chi connectivity index (χ4v) is 2.28. The van der Waals surface area contributed by atoms with Crippen LogP contribution in [0.1, 0.15) is 59.8 Å². The maximum atomic E-state index is 9.87. The average molecular weight is 243 g/mol. The predicted octanol–water partition coefficient (Wildman–Crippen LogP) is 2.47. The minimum absolute atomic E-state index is 0.171. The Labute approximate surface area is 106 Å². The Balaban J connectivity index is 2.20. The van der Waals surface area contributed by atoms with Crippen molar-refractivity contribution in [3.05, 3.63) is 0 Å². The van der Waals surface area contributed by atoms with E-state index in [1.165, 1.54) is 32.1 Å². The standard InChI is InChI=1S/C14H29NO2/c1-13(2,3)17-11-12(16)10-15-14(4)8-6-5-7-9-14/h12,15-16H,5-11H2,1-4H3. The van der Waals surface area contributed by atoms with Gasteiger partial charge in [-0.05, 0) is 40.5 Å². The van der Waals surface area contributed by atoms with Crippen LogP contribution in [0.15, 0.2) is 0 Å². The van der Waals surface area contributed by atoms with E-state index in [9.17, 15) is 5.11 Å². The average Bonchev–Trinajstić information content (AvgIpc) is 2.24. The van der Waals surface area contributed by atoms with E-state index >= 15 is 0 Å². The zero-order chi connectivity index (χ0) is 12.9. The molecule has 0 spiro atoms. The second kappa shape index (κ2) is 6.17. The molecule has 0 amide bonds. The summed E-state index contributed by atoms with van der Waals surface area (Å²) in [7, 11) is 0. The molecular formula is C14H29NO2. The molecule has 0 radical (unpaired) electrons. The molecule has 0 aromatic rings. The van der Waals surface area contributed by atoms with Gasteiger partial charge in [0.25, 0.3) is 0 Å². The number of nitrogens with one attached hydrogen (secondary N) is 1. The monoisotopic (exact) mass is 243 g/mol. The Morgan fingerprint density at radius 1 is 1.24 bits per heavy atom. The molecule has 2 N–H and O–H groups in total. The van der Waals surface area contributed by atoms with Crippen molar-refractivity contribution in [2.24, 2.45) is 0 Å². The lowest BCUT2D eigenvalue weighted by molar-refractivity contribution is -0.0496. The fourth-order valence-electron chi connectivity index (χ4n) is 2.28. The fraction of sp³-hybridized carbons (Fsp3) is 1.00. The molecule has 0 aromatic heterocycles. The molecule has 0 aromatic carbocycles. The summed E-state index contributed by atoms with van der Waals surface area (Å²) in [6.07, 6.45) is 6.00. The van der Waals surface area contributed by atoms with Crippen molar-refractivity contribution in [2.45, 2.75) is 77.0 Å². The number of hydrogen-bond donors (Lipinski definition) is 2. The normalized spacial score (nSPS) is 22.4. The lowest BCUT2D eigenvalue weighted by Crippen LogP contribution is -2.48. The van der Waals surface area contributed by atoms with Crippen LogP contribution in [0, 0.1) is 0 Å². The van der Waals surface area contributed by atoms with E-state index in [2.05, 4.69) is 12.2 Å². The van der Waals surface area contributed by atoms with Crippen molar-refractivity contribution in [1.82, 2.24) is 5.32 Å². The third kappa shape index (κ3) is 6.39. The Hall–Kier alpha value is -0.120. The van der Waals surface area contributed by atoms with Gasteiger partial charge in [0.1, 0.15) is 0 Å². The second-order valence-electron chi connectivity index (χ2n) is 6.58. The molecule has 0 saturated heterocycles. The smallest absolute Gasteiger partial charge is 0.0898 e. The summed E-state index contributed by atoms with van der Waals surface area (Å²) in [5, 5.41) is 13.4. The van der Waals surface area contributed by atoms with Crippen LogP contribution >= 0.6 is 0 Å². The minimum Gasteiger partial charge on any atom is -0.389 e. The molecule has 1 atom stereocenters. The van der Waals surface area contributed by atoms with Crippen LogP contribution in [0.5, 0.6) is 0 Å². The first-order valence-corrected chi connectivity index (χ1v) is 6.88. The van der Waals surface area contributed by atoms with E-state index in [0.29, 0.717) is 13.2 Å². The molecule has 1 aliphatic carbocycles. The summed E-state index contributed by atoms with van der Waals surface area (Å²) in [4.78, 5) is 0. The molecule has 3 nitrogen and oxygen atoms in total. The zero-order valence-corrected chi connectivity index (χ0v) is 11.9. The predicted molar refractivity (Wildman–Crippen MR) is 71.2 cm³/mol. The van der Waals surface area contributed by atoms with E-state index in [1.807, 2.05) is 20.8 Å². The van der Waals surface area contributed by atoms with Gasteiger partial charge >= 0.3 is 0 Å². The van der Waals surface area contributed by atoms with Gasteiger partial charge in [0, 0.05) is 12.1 Å². The molecular weight excluding hydrogens is 214 g/mol. The van der Waals surface area contributed by atoms with E-state index in [0.717, 1.165) is 0 Å². The molecule has 3 heteroatoms. The van der Waals surface area contributed by atoms with Crippen LogP contribution < -0.4 is 5.32 Å². The molecule has 1 unspecified atom stereocenters. The van der Waals surface area contributed by atoms with Crippen molar-refractivity contribution in [1.29, 1.82) is 0 Å². The number of β-amino-alcohol motifs (C(OH)–C–C–N with tert-alkyl or cyclic N) is 1. The summed E-state index contributed by atoms with van der Waals surface area (Å²) in [5.74, 6) is 0. The highest BCUT2D eigenvalue weighted by molar-refractivity contribution is 4.86. The van der Waals surface area contributed by atoms with Crippen LogP contribution in [-0.4, -0.2) is 35.5 Å². The number of rotatable bonds is 5. The molecule has 1 fully saturated rings. The van der Waals surface area contributed by atoms with E-state index in [1.54, 1.807) is 0 Å². The van der Waals surface area contributed by atoms with Crippen molar-refractivity contribution in [2.75, 3.05) is 13.2 Å². The third-order valence-electron chi connectivity index (χ3n) is 3.43. The van der Waals surface area contributed by atoms with Gasteiger partial charge in [-0.1, -0.05) is 19.3 Å². The van der Waals surface area contributed by atoms with Crippen molar-refractivity contribution in [3.8, 4) is 0 Å². The maximum Gasteiger partial charge on any atom is 0.0898 e. The lowest BCUT2D eigenvalue weighted by atomic mass is 9.83. The van der Waals surface area contributed by atoms with Crippen LogP contribution in [0.25, 0.3) is 0 Å². The first kappa shape index (κ1) is 14.9. The van der Waals surface area contributed by atoms with Crippen LogP contribution in [0.2, 0.25) is 0 Å². The van der Waals surface area contributed by atoms with E-state index < -0.39 is 6.10 Å². The highest BCUT2D eigenvalue weighted by atomic mass is 16.5. The molecule has 1 aliphatic rings.